The van der Waals surface area contributed by atoms with Gasteiger partial charge in [-0.2, -0.15) is 0 Å². The molecule has 0 spiro atoms. The molecule has 30 heavy (non-hydrogen) atoms. The molecule has 0 saturated carbocycles. The Balaban J connectivity index is 1.62. The van der Waals surface area contributed by atoms with Gasteiger partial charge in [-0.1, -0.05) is 29.5 Å². The monoisotopic (exact) mass is 416 g/mol. The number of para-hydroxylation sites is 1. The van der Waals surface area contributed by atoms with E-state index < -0.39 is 4.92 Å². The van der Waals surface area contributed by atoms with Crippen molar-refractivity contribution in [3.63, 3.8) is 0 Å². The molecule has 0 unspecified atom stereocenters. The molecule has 2 aromatic carbocycles. The Bertz CT molecular complexity index is 1190. The molecular formula is C22H16N4O3S. The van der Waals surface area contributed by atoms with Gasteiger partial charge in [0, 0.05) is 24.4 Å². The number of anilines is 1. The molecule has 0 fully saturated rings. The lowest BCUT2D eigenvalue weighted by Crippen LogP contribution is -2.29. The van der Waals surface area contributed by atoms with Crippen molar-refractivity contribution in [2.24, 2.45) is 0 Å². The van der Waals surface area contributed by atoms with Gasteiger partial charge in [0.05, 0.1) is 27.4 Å². The minimum absolute atomic E-state index is 0.00438. The molecule has 0 saturated heterocycles. The lowest BCUT2D eigenvalue weighted by molar-refractivity contribution is -0.384. The van der Waals surface area contributed by atoms with Crippen LogP contribution in [0.2, 0.25) is 0 Å². The second kappa shape index (κ2) is 8.62. The fraction of sp³-hybridized carbons (Fsp3) is 0.0455. The van der Waals surface area contributed by atoms with Crippen molar-refractivity contribution in [3.05, 3.63) is 100 Å². The van der Waals surface area contributed by atoms with E-state index in [0.717, 1.165) is 15.9 Å². The first-order chi connectivity index (χ1) is 14.6. The summed E-state index contributed by atoms with van der Waals surface area (Å²) >= 11 is 1.44. The van der Waals surface area contributed by atoms with E-state index in [9.17, 15) is 14.9 Å². The highest BCUT2D eigenvalue weighted by atomic mass is 32.1. The largest absolute Gasteiger partial charge is 0.278 e. The van der Waals surface area contributed by atoms with Crippen molar-refractivity contribution in [3.8, 4) is 0 Å². The number of hydrogen-bond donors (Lipinski definition) is 0. The first-order valence-electron chi connectivity index (χ1n) is 9.10. The standard InChI is InChI=1S/C22H16N4O3S/c27-21(13-10-16-8-11-18(12-9-16)26(28)29)25(15-17-5-3-4-14-23-17)22-24-19-6-1-2-7-20(19)30-22/h1-14H,15H2/b13-10+. The molecule has 8 heteroatoms. The van der Waals surface area contributed by atoms with Gasteiger partial charge >= 0.3 is 0 Å². The fourth-order valence-electron chi connectivity index (χ4n) is 2.83. The molecule has 148 valence electrons. The van der Waals surface area contributed by atoms with Gasteiger partial charge in [-0.05, 0) is 48.0 Å². The number of carbonyl (C=O) groups is 1. The van der Waals surface area contributed by atoms with Crippen LogP contribution < -0.4 is 4.90 Å². The number of amides is 1. The van der Waals surface area contributed by atoms with E-state index >= 15 is 0 Å². The average molecular weight is 416 g/mol. The maximum absolute atomic E-state index is 13.0. The fourth-order valence-corrected chi connectivity index (χ4v) is 3.80. The minimum atomic E-state index is -0.458. The quantitative estimate of drug-likeness (QED) is 0.255. The van der Waals surface area contributed by atoms with Gasteiger partial charge < -0.3 is 0 Å². The highest BCUT2D eigenvalue weighted by Crippen LogP contribution is 2.29. The number of rotatable bonds is 6. The Kier molecular flexibility index (Phi) is 5.58. The van der Waals surface area contributed by atoms with Gasteiger partial charge in [0.2, 0.25) is 0 Å². The lowest BCUT2D eigenvalue weighted by atomic mass is 10.2. The molecule has 0 bridgehead atoms. The van der Waals surface area contributed by atoms with Crippen LogP contribution in [-0.4, -0.2) is 20.8 Å². The van der Waals surface area contributed by atoms with Gasteiger partial charge in [0.15, 0.2) is 5.13 Å². The summed E-state index contributed by atoms with van der Waals surface area (Å²) in [6.07, 6.45) is 4.75. The van der Waals surface area contributed by atoms with Crippen LogP contribution in [0.15, 0.2) is 79.0 Å². The molecule has 1 amide bonds. The predicted octanol–water partition coefficient (Wildman–Crippen LogP) is 4.85. The van der Waals surface area contributed by atoms with Crippen molar-refractivity contribution >= 4 is 44.4 Å². The molecule has 4 rings (SSSR count). The summed E-state index contributed by atoms with van der Waals surface area (Å²) in [4.78, 5) is 33.9. The molecule has 0 atom stereocenters. The molecule has 0 aliphatic heterocycles. The summed E-state index contributed by atoms with van der Waals surface area (Å²) in [7, 11) is 0. The number of fused-ring (bicyclic) bond motifs is 1. The third kappa shape index (κ3) is 4.39. The van der Waals surface area contributed by atoms with Gasteiger partial charge in [-0.25, -0.2) is 4.98 Å². The minimum Gasteiger partial charge on any atom is -0.278 e. The average Bonchev–Trinajstić information content (AvgIpc) is 3.20. The summed E-state index contributed by atoms with van der Waals surface area (Å²) in [5, 5.41) is 11.4. The normalized spacial score (nSPS) is 11.1. The second-order valence-electron chi connectivity index (χ2n) is 6.39. The first-order valence-corrected chi connectivity index (χ1v) is 9.91. The number of nitro benzene ring substituents is 1. The van der Waals surface area contributed by atoms with Crippen LogP contribution in [0.5, 0.6) is 0 Å². The van der Waals surface area contributed by atoms with Gasteiger partial charge in [-0.15, -0.1) is 0 Å². The topological polar surface area (TPSA) is 89.2 Å². The zero-order valence-electron chi connectivity index (χ0n) is 15.7. The molecule has 4 aromatic rings. The molecular weight excluding hydrogens is 400 g/mol. The summed E-state index contributed by atoms with van der Waals surface area (Å²) in [5.41, 5.74) is 2.27. The Morgan fingerprint density at radius 3 is 2.53 bits per heavy atom. The maximum Gasteiger partial charge on any atom is 0.269 e. The van der Waals surface area contributed by atoms with Crippen molar-refractivity contribution in [1.29, 1.82) is 0 Å². The molecule has 0 aliphatic rings. The molecule has 0 N–H and O–H groups in total. The molecule has 2 aromatic heterocycles. The number of pyridine rings is 1. The van der Waals surface area contributed by atoms with Crippen LogP contribution >= 0.6 is 11.3 Å². The Hall–Kier alpha value is -3.91. The zero-order chi connectivity index (χ0) is 20.9. The van der Waals surface area contributed by atoms with E-state index in [0.29, 0.717) is 10.7 Å². The number of benzene rings is 2. The van der Waals surface area contributed by atoms with Crippen molar-refractivity contribution in [2.75, 3.05) is 4.90 Å². The number of carbonyl (C=O) groups excluding carboxylic acids is 1. The smallest absolute Gasteiger partial charge is 0.269 e. The predicted molar refractivity (Wildman–Crippen MR) is 117 cm³/mol. The highest BCUT2D eigenvalue weighted by molar-refractivity contribution is 7.22. The highest BCUT2D eigenvalue weighted by Gasteiger charge is 2.19. The zero-order valence-corrected chi connectivity index (χ0v) is 16.5. The third-order valence-corrected chi connectivity index (χ3v) is 5.41. The SMILES string of the molecule is O=C(/C=C/c1ccc([N+](=O)[O-])cc1)N(Cc1ccccn1)c1nc2ccccc2s1. The van der Waals surface area contributed by atoms with Gasteiger partial charge in [0.25, 0.3) is 11.6 Å². The van der Waals surface area contributed by atoms with Gasteiger partial charge in [0.1, 0.15) is 0 Å². The van der Waals surface area contributed by atoms with Crippen LogP contribution in [0.25, 0.3) is 16.3 Å². The van der Waals surface area contributed by atoms with E-state index in [1.165, 1.54) is 29.5 Å². The molecule has 7 nitrogen and oxygen atoms in total. The Morgan fingerprint density at radius 2 is 1.83 bits per heavy atom. The second-order valence-corrected chi connectivity index (χ2v) is 7.40. The summed E-state index contributed by atoms with van der Waals surface area (Å²) in [6.45, 7) is 0.282. The number of non-ortho nitro benzene ring substituents is 1. The number of aromatic nitrogens is 2. The summed E-state index contributed by atoms with van der Waals surface area (Å²) in [5.74, 6) is -0.252. The summed E-state index contributed by atoms with van der Waals surface area (Å²) < 4.78 is 0.991. The van der Waals surface area contributed by atoms with E-state index in [1.807, 2.05) is 42.5 Å². The van der Waals surface area contributed by atoms with E-state index in [-0.39, 0.29) is 18.1 Å². The molecule has 2 heterocycles. The lowest BCUT2D eigenvalue weighted by Gasteiger charge is -2.17. The number of thiazole rings is 1. The van der Waals surface area contributed by atoms with Crippen LogP contribution in [0.1, 0.15) is 11.3 Å². The van der Waals surface area contributed by atoms with Crippen LogP contribution in [0.3, 0.4) is 0 Å². The Labute approximate surface area is 176 Å². The van der Waals surface area contributed by atoms with E-state index in [1.54, 1.807) is 29.3 Å². The Morgan fingerprint density at radius 1 is 1.07 bits per heavy atom. The van der Waals surface area contributed by atoms with Crippen LogP contribution in [0, 0.1) is 10.1 Å². The van der Waals surface area contributed by atoms with Crippen LogP contribution in [0.4, 0.5) is 10.8 Å². The first kappa shape index (κ1) is 19.4. The van der Waals surface area contributed by atoms with Crippen LogP contribution in [-0.2, 0) is 11.3 Å². The number of nitrogens with zero attached hydrogens (tertiary/aromatic N) is 4. The summed E-state index contributed by atoms with van der Waals surface area (Å²) in [6, 6.07) is 19.3. The number of hydrogen-bond acceptors (Lipinski definition) is 6. The third-order valence-electron chi connectivity index (χ3n) is 4.35. The maximum atomic E-state index is 13.0. The van der Waals surface area contributed by atoms with Crippen molar-refractivity contribution < 1.29 is 9.72 Å². The van der Waals surface area contributed by atoms with Crippen molar-refractivity contribution in [1.82, 2.24) is 9.97 Å². The van der Waals surface area contributed by atoms with E-state index in [4.69, 9.17) is 0 Å². The van der Waals surface area contributed by atoms with Crippen molar-refractivity contribution in [2.45, 2.75) is 6.54 Å². The van der Waals surface area contributed by atoms with Gasteiger partial charge in [-0.3, -0.25) is 24.8 Å². The molecule has 0 aliphatic carbocycles. The number of nitro groups is 1. The van der Waals surface area contributed by atoms with E-state index in [2.05, 4.69) is 9.97 Å². The molecule has 0 radical (unpaired) electrons.